The van der Waals surface area contributed by atoms with Crippen LogP contribution in [-0.2, 0) is 4.74 Å². The third kappa shape index (κ3) is 7.38. The smallest absolute Gasteiger partial charge is 0.191 e. The fourth-order valence-corrected chi connectivity index (χ4v) is 2.05. The van der Waals surface area contributed by atoms with Crippen LogP contribution in [0, 0.1) is 0 Å². The third-order valence-corrected chi connectivity index (χ3v) is 3.38. The lowest BCUT2D eigenvalue weighted by Gasteiger charge is -2.22. The minimum Gasteiger partial charge on any atom is -0.383 e. The first-order valence-electron chi connectivity index (χ1n) is 7.49. The molecule has 0 bridgehead atoms. The molecule has 0 aliphatic heterocycles. The maximum atomic E-state index is 5.17. The summed E-state index contributed by atoms with van der Waals surface area (Å²) in [5.41, 5.74) is 0. The van der Waals surface area contributed by atoms with E-state index in [1.807, 2.05) is 7.05 Å². The van der Waals surface area contributed by atoms with E-state index in [-0.39, 0.29) is 0 Å². The van der Waals surface area contributed by atoms with Crippen molar-refractivity contribution in [1.29, 1.82) is 0 Å². The van der Waals surface area contributed by atoms with E-state index in [0.29, 0.717) is 0 Å². The highest BCUT2D eigenvalue weighted by Crippen LogP contribution is 2.25. The second-order valence-electron chi connectivity index (χ2n) is 5.04. The van der Waals surface area contributed by atoms with Gasteiger partial charge in [0.15, 0.2) is 5.96 Å². The Morgan fingerprint density at radius 1 is 1.26 bits per heavy atom. The van der Waals surface area contributed by atoms with Crippen LogP contribution in [0.3, 0.4) is 0 Å². The van der Waals surface area contributed by atoms with Gasteiger partial charge in [0.1, 0.15) is 0 Å². The van der Waals surface area contributed by atoms with E-state index in [1.54, 1.807) is 7.11 Å². The van der Waals surface area contributed by atoms with Crippen molar-refractivity contribution in [3.63, 3.8) is 0 Å². The highest BCUT2D eigenvalue weighted by molar-refractivity contribution is 5.79. The monoisotopic (exact) mass is 270 g/mol. The quantitative estimate of drug-likeness (QED) is 0.354. The highest BCUT2D eigenvalue weighted by Gasteiger charge is 2.28. The molecule has 0 aromatic rings. The first-order valence-corrected chi connectivity index (χ1v) is 7.49. The lowest BCUT2D eigenvalue weighted by atomic mass is 10.3. The van der Waals surface area contributed by atoms with Gasteiger partial charge in [-0.25, -0.2) is 0 Å². The zero-order valence-electron chi connectivity index (χ0n) is 12.7. The molecule has 1 aliphatic rings. The summed E-state index contributed by atoms with van der Waals surface area (Å²) in [5, 5.41) is 6.70. The van der Waals surface area contributed by atoms with E-state index in [0.717, 1.165) is 44.8 Å². The molecule has 0 radical (unpaired) electrons. The van der Waals surface area contributed by atoms with Gasteiger partial charge in [-0.2, -0.15) is 0 Å². The summed E-state index contributed by atoms with van der Waals surface area (Å²) >= 11 is 0. The average Bonchev–Trinajstić information content (AvgIpc) is 3.25. The number of hydrogen-bond acceptors (Lipinski definition) is 3. The van der Waals surface area contributed by atoms with Gasteiger partial charge in [0.05, 0.1) is 6.61 Å². The SMILES string of the molecule is CCCCNC(=NC)NCCN(CCOC)C1CC1. The summed E-state index contributed by atoms with van der Waals surface area (Å²) in [4.78, 5) is 6.74. The van der Waals surface area contributed by atoms with E-state index in [4.69, 9.17) is 4.74 Å². The van der Waals surface area contributed by atoms with Crippen LogP contribution in [0.25, 0.3) is 0 Å². The Hall–Kier alpha value is -0.810. The standard InChI is InChI=1S/C14H30N4O/c1-4-5-8-16-14(15-2)17-9-10-18(11-12-19-3)13-6-7-13/h13H,4-12H2,1-3H3,(H2,15,16,17). The third-order valence-electron chi connectivity index (χ3n) is 3.38. The minimum atomic E-state index is 0.784. The molecule has 0 unspecified atom stereocenters. The van der Waals surface area contributed by atoms with Crippen LogP contribution in [0.1, 0.15) is 32.6 Å². The number of methoxy groups -OCH3 is 1. The predicted octanol–water partition coefficient (Wildman–Crippen LogP) is 1.06. The van der Waals surface area contributed by atoms with Gasteiger partial charge in [0.25, 0.3) is 0 Å². The van der Waals surface area contributed by atoms with E-state index >= 15 is 0 Å². The fraction of sp³-hybridized carbons (Fsp3) is 0.929. The Morgan fingerprint density at radius 2 is 2.00 bits per heavy atom. The van der Waals surface area contributed by atoms with Gasteiger partial charge in [-0.3, -0.25) is 9.89 Å². The summed E-state index contributed by atoms with van der Waals surface area (Å²) in [7, 11) is 3.59. The van der Waals surface area contributed by atoms with Crippen molar-refractivity contribution in [3.05, 3.63) is 0 Å². The normalized spacial score (nSPS) is 15.9. The minimum absolute atomic E-state index is 0.784. The lowest BCUT2D eigenvalue weighted by Crippen LogP contribution is -2.43. The number of unbranched alkanes of at least 4 members (excludes halogenated alkanes) is 1. The molecule has 2 N–H and O–H groups in total. The van der Waals surface area contributed by atoms with Crippen LogP contribution in [-0.4, -0.2) is 63.8 Å². The van der Waals surface area contributed by atoms with Gasteiger partial charge in [0.2, 0.25) is 0 Å². The molecule has 1 saturated carbocycles. The number of rotatable bonds is 10. The number of nitrogens with one attached hydrogen (secondary N) is 2. The molecule has 19 heavy (non-hydrogen) atoms. The van der Waals surface area contributed by atoms with Crippen molar-refractivity contribution in [2.75, 3.05) is 46.9 Å². The molecule has 1 rings (SSSR count). The van der Waals surface area contributed by atoms with Crippen molar-refractivity contribution in [3.8, 4) is 0 Å². The number of hydrogen-bond donors (Lipinski definition) is 2. The zero-order chi connectivity index (χ0) is 13.9. The molecular weight excluding hydrogens is 240 g/mol. The number of aliphatic imine (C=N–C) groups is 1. The Kier molecular flexibility index (Phi) is 8.58. The molecule has 112 valence electrons. The van der Waals surface area contributed by atoms with Crippen molar-refractivity contribution in [1.82, 2.24) is 15.5 Å². The highest BCUT2D eigenvalue weighted by atomic mass is 16.5. The first-order chi connectivity index (χ1) is 9.31. The number of ether oxygens (including phenoxy) is 1. The molecule has 0 heterocycles. The average molecular weight is 270 g/mol. The second-order valence-corrected chi connectivity index (χ2v) is 5.04. The summed E-state index contributed by atoms with van der Waals surface area (Å²) in [6.07, 6.45) is 5.07. The largest absolute Gasteiger partial charge is 0.383 e. The summed E-state index contributed by atoms with van der Waals surface area (Å²) < 4.78 is 5.17. The Bertz CT molecular complexity index is 254. The number of nitrogens with zero attached hydrogens (tertiary/aromatic N) is 2. The van der Waals surface area contributed by atoms with E-state index in [9.17, 15) is 0 Å². The molecule has 1 fully saturated rings. The number of guanidine groups is 1. The van der Waals surface area contributed by atoms with E-state index in [2.05, 4.69) is 27.4 Å². The Labute approximate surface area is 117 Å². The van der Waals surface area contributed by atoms with E-state index in [1.165, 1.54) is 25.7 Å². The van der Waals surface area contributed by atoms with Gasteiger partial charge in [-0.05, 0) is 19.3 Å². The van der Waals surface area contributed by atoms with Crippen LogP contribution < -0.4 is 10.6 Å². The molecule has 5 heteroatoms. The van der Waals surface area contributed by atoms with Crippen molar-refractivity contribution < 1.29 is 4.74 Å². The molecule has 0 saturated heterocycles. The van der Waals surface area contributed by atoms with Gasteiger partial charge in [0, 0.05) is 46.4 Å². The van der Waals surface area contributed by atoms with Crippen molar-refractivity contribution in [2.45, 2.75) is 38.6 Å². The topological polar surface area (TPSA) is 48.9 Å². The molecule has 0 amide bonds. The van der Waals surface area contributed by atoms with Gasteiger partial charge >= 0.3 is 0 Å². The van der Waals surface area contributed by atoms with Crippen LogP contribution >= 0.6 is 0 Å². The molecule has 0 atom stereocenters. The van der Waals surface area contributed by atoms with Crippen LogP contribution in [0.4, 0.5) is 0 Å². The Morgan fingerprint density at radius 3 is 2.58 bits per heavy atom. The predicted molar refractivity (Wildman–Crippen MR) is 80.7 cm³/mol. The second kappa shape index (κ2) is 10.0. The van der Waals surface area contributed by atoms with Crippen molar-refractivity contribution >= 4 is 5.96 Å². The van der Waals surface area contributed by atoms with Gasteiger partial charge < -0.3 is 15.4 Å². The van der Waals surface area contributed by atoms with Gasteiger partial charge in [-0.1, -0.05) is 13.3 Å². The molecule has 0 aromatic heterocycles. The molecule has 0 spiro atoms. The van der Waals surface area contributed by atoms with Crippen LogP contribution in [0.5, 0.6) is 0 Å². The summed E-state index contributed by atoms with van der Waals surface area (Å²) in [6, 6.07) is 0.784. The Balaban J connectivity index is 2.14. The van der Waals surface area contributed by atoms with Crippen molar-refractivity contribution in [2.24, 2.45) is 4.99 Å². The fourth-order valence-electron chi connectivity index (χ4n) is 2.05. The van der Waals surface area contributed by atoms with Crippen LogP contribution in [0.2, 0.25) is 0 Å². The lowest BCUT2D eigenvalue weighted by molar-refractivity contribution is 0.144. The zero-order valence-corrected chi connectivity index (χ0v) is 12.7. The molecule has 0 aromatic carbocycles. The summed E-state index contributed by atoms with van der Waals surface area (Å²) in [6.45, 7) is 7.03. The first kappa shape index (κ1) is 16.2. The van der Waals surface area contributed by atoms with E-state index < -0.39 is 0 Å². The molecular formula is C14H30N4O. The maximum absolute atomic E-state index is 5.17. The molecule has 5 nitrogen and oxygen atoms in total. The maximum Gasteiger partial charge on any atom is 0.191 e. The van der Waals surface area contributed by atoms with Crippen LogP contribution in [0.15, 0.2) is 4.99 Å². The van der Waals surface area contributed by atoms with Gasteiger partial charge in [-0.15, -0.1) is 0 Å². The summed E-state index contributed by atoms with van der Waals surface area (Å²) in [5.74, 6) is 0.913. The molecule has 1 aliphatic carbocycles.